The molecule has 0 aromatic heterocycles. The third-order valence-corrected chi connectivity index (χ3v) is 2.80. The predicted octanol–water partition coefficient (Wildman–Crippen LogP) is 2.24. The van der Waals surface area contributed by atoms with Crippen molar-refractivity contribution in [3.63, 3.8) is 0 Å². The van der Waals surface area contributed by atoms with E-state index in [1.165, 1.54) is 6.07 Å². The lowest BCUT2D eigenvalue weighted by Crippen LogP contribution is -2.26. The summed E-state index contributed by atoms with van der Waals surface area (Å²) in [5.74, 6) is -0.333. The van der Waals surface area contributed by atoms with Crippen LogP contribution >= 0.6 is 0 Å². The molecule has 0 amide bonds. The molecule has 4 nitrogen and oxygen atoms in total. The normalized spacial score (nSPS) is 10.6. The first-order valence-electron chi connectivity index (χ1n) is 6.27. The van der Waals surface area contributed by atoms with Gasteiger partial charge in [0.15, 0.2) is 0 Å². The van der Waals surface area contributed by atoms with Crippen LogP contribution in [0.1, 0.15) is 20.3 Å². The Morgan fingerprint density at radius 1 is 1.22 bits per heavy atom. The summed E-state index contributed by atoms with van der Waals surface area (Å²) in [5, 5.41) is 0. The maximum atomic E-state index is 13.8. The summed E-state index contributed by atoms with van der Waals surface area (Å²) in [7, 11) is 0. The molecule has 102 valence electrons. The maximum absolute atomic E-state index is 13.8. The molecule has 0 atom stereocenters. The van der Waals surface area contributed by atoms with Crippen molar-refractivity contribution in [2.45, 2.75) is 20.3 Å². The molecule has 0 unspecified atom stereocenters. The SMILES string of the molecule is CCOCCCN(CC)c1cc(N)c(N)cc1F. The molecule has 1 rings (SSSR count). The van der Waals surface area contributed by atoms with Crippen molar-refractivity contribution >= 4 is 17.1 Å². The number of nitrogens with zero attached hydrogens (tertiary/aromatic N) is 1. The fourth-order valence-electron chi connectivity index (χ4n) is 1.79. The topological polar surface area (TPSA) is 64.5 Å². The first-order valence-corrected chi connectivity index (χ1v) is 6.27. The molecule has 0 aliphatic rings. The van der Waals surface area contributed by atoms with Gasteiger partial charge in [-0.1, -0.05) is 0 Å². The van der Waals surface area contributed by atoms with Crippen molar-refractivity contribution in [2.24, 2.45) is 0 Å². The Kier molecular flexibility index (Phi) is 5.71. The molecule has 0 heterocycles. The van der Waals surface area contributed by atoms with Gasteiger partial charge in [0, 0.05) is 32.4 Å². The number of hydrogen-bond donors (Lipinski definition) is 2. The minimum atomic E-state index is -0.333. The van der Waals surface area contributed by atoms with Crippen molar-refractivity contribution < 1.29 is 9.13 Å². The summed E-state index contributed by atoms with van der Waals surface area (Å²) in [6.45, 7) is 6.77. The lowest BCUT2D eigenvalue weighted by Gasteiger charge is -2.24. The zero-order valence-electron chi connectivity index (χ0n) is 11.1. The Morgan fingerprint density at radius 3 is 2.50 bits per heavy atom. The van der Waals surface area contributed by atoms with E-state index in [-0.39, 0.29) is 11.5 Å². The van der Waals surface area contributed by atoms with Gasteiger partial charge < -0.3 is 21.1 Å². The van der Waals surface area contributed by atoms with Gasteiger partial charge in [-0.15, -0.1) is 0 Å². The van der Waals surface area contributed by atoms with Crippen molar-refractivity contribution in [1.29, 1.82) is 0 Å². The Labute approximate surface area is 108 Å². The molecule has 18 heavy (non-hydrogen) atoms. The van der Waals surface area contributed by atoms with Crippen molar-refractivity contribution in [3.05, 3.63) is 17.9 Å². The average Bonchev–Trinajstić information content (AvgIpc) is 2.35. The van der Waals surface area contributed by atoms with Crippen LogP contribution in [-0.4, -0.2) is 26.3 Å². The number of nitrogen functional groups attached to an aromatic ring is 2. The second-order valence-corrected chi connectivity index (χ2v) is 4.06. The van der Waals surface area contributed by atoms with E-state index in [0.717, 1.165) is 13.0 Å². The van der Waals surface area contributed by atoms with Crippen LogP contribution in [-0.2, 0) is 4.74 Å². The molecule has 0 spiro atoms. The Morgan fingerprint density at radius 2 is 1.89 bits per heavy atom. The van der Waals surface area contributed by atoms with Crippen LogP contribution in [0.3, 0.4) is 0 Å². The lowest BCUT2D eigenvalue weighted by molar-refractivity contribution is 0.146. The third kappa shape index (κ3) is 3.77. The quantitative estimate of drug-likeness (QED) is 0.579. The summed E-state index contributed by atoms with van der Waals surface area (Å²) < 4.78 is 19.1. The number of anilines is 3. The van der Waals surface area contributed by atoms with Crippen LogP contribution in [0.25, 0.3) is 0 Å². The average molecular weight is 255 g/mol. The first-order chi connectivity index (χ1) is 8.60. The molecule has 0 fully saturated rings. The molecular formula is C13H22FN3O. The summed E-state index contributed by atoms with van der Waals surface area (Å²) in [5.41, 5.74) is 12.5. The number of ether oxygens (including phenoxy) is 1. The fourth-order valence-corrected chi connectivity index (χ4v) is 1.79. The van der Waals surface area contributed by atoms with Gasteiger partial charge in [0.2, 0.25) is 0 Å². The zero-order valence-corrected chi connectivity index (χ0v) is 11.1. The van der Waals surface area contributed by atoms with Gasteiger partial charge >= 0.3 is 0 Å². The van der Waals surface area contributed by atoms with Crippen LogP contribution < -0.4 is 16.4 Å². The van der Waals surface area contributed by atoms with Gasteiger partial charge in [0.1, 0.15) is 5.82 Å². The molecule has 0 aliphatic heterocycles. The second-order valence-electron chi connectivity index (χ2n) is 4.06. The summed E-state index contributed by atoms with van der Waals surface area (Å²) in [4.78, 5) is 1.93. The lowest BCUT2D eigenvalue weighted by atomic mass is 10.2. The van der Waals surface area contributed by atoms with Gasteiger partial charge in [0.05, 0.1) is 17.1 Å². The molecule has 1 aromatic rings. The highest BCUT2D eigenvalue weighted by Crippen LogP contribution is 2.27. The van der Waals surface area contributed by atoms with Gasteiger partial charge in [-0.05, 0) is 26.3 Å². The standard InChI is InChI=1S/C13H22FN3O/c1-3-17(6-5-7-18-4-2)13-9-12(16)11(15)8-10(13)14/h8-9H,3-7,15-16H2,1-2H3. The van der Waals surface area contributed by atoms with E-state index in [1.54, 1.807) is 6.07 Å². The molecule has 0 aliphatic carbocycles. The molecule has 5 heteroatoms. The predicted molar refractivity (Wildman–Crippen MR) is 74.2 cm³/mol. The highest BCUT2D eigenvalue weighted by molar-refractivity contribution is 5.70. The highest BCUT2D eigenvalue weighted by atomic mass is 19.1. The molecule has 4 N–H and O–H groups in total. The van der Waals surface area contributed by atoms with Crippen LogP contribution in [0.2, 0.25) is 0 Å². The van der Waals surface area contributed by atoms with Crippen LogP contribution in [0.4, 0.5) is 21.5 Å². The number of hydrogen-bond acceptors (Lipinski definition) is 4. The summed E-state index contributed by atoms with van der Waals surface area (Å²) >= 11 is 0. The minimum absolute atomic E-state index is 0.279. The van der Waals surface area contributed by atoms with E-state index in [0.29, 0.717) is 31.1 Å². The number of nitrogens with two attached hydrogens (primary N) is 2. The van der Waals surface area contributed by atoms with Crippen LogP contribution in [0.15, 0.2) is 12.1 Å². The van der Waals surface area contributed by atoms with Crippen molar-refractivity contribution in [3.8, 4) is 0 Å². The third-order valence-electron chi connectivity index (χ3n) is 2.80. The summed E-state index contributed by atoms with van der Waals surface area (Å²) in [6.07, 6.45) is 0.853. The fraction of sp³-hybridized carbons (Fsp3) is 0.538. The van der Waals surface area contributed by atoms with Crippen LogP contribution in [0, 0.1) is 5.82 Å². The Hall–Kier alpha value is -1.49. The van der Waals surface area contributed by atoms with Crippen molar-refractivity contribution in [1.82, 2.24) is 0 Å². The zero-order chi connectivity index (χ0) is 13.5. The van der Waals surface area contributed by atoms with E-state index in [2.05, 4.69) is 0 Å². The molecule has 0 saturated carbocycles. The van der Waals surface area contributed by atoms with E-state index in [4.69, 9.17) is 16.2 Å². The highest BCUT2D eigenvalue weighted by Gasteiger charge is 2.12. The van der Waals surface area contributed by atoms with Gasteiger partial charge in [0.25, 0.3) is 0 Å². The number of rotatable bonds is 7. The van der Waals surface area contributed by atoms with E-state index < -0.39 is 0 Å². The smallest absolute Gasteiger partial charge is 0.148 e. The van der Waals surface area contributed by atoms with Gasteiger partial charge in [-0.3, -0.25) is 0 Å². The van der Waals surface area contributed by atoms with Crippen molar-refractivity contribution in [2.75, 3.05) is 42.7 Å². The molecular weight excluding hydrogens is 233 g/mol. The van der Waals surface area contributed by atoms with Gasteiger partial charge in [-0.2, -0.15) is 0 Å². The second kappa shape index (κ2) is 7.06. The van der Waals surface area contributed by atoms with E-state index in [1.807, 2.05) is 18.7 Å². The van der Waals surface area contributed by atoms with E-state index in [9.17, 15) is 4.39 Å². The number of benzene rings is 1. The molecule has 1 aromatic carbocycles. The first kappa shape index (κ1) is 14.6. The molecule has 0 radical (unpaired) electrons. The largest absolute Gasteiger partial charge is 0.397 e. The Balaban J connectivity index is 2.72. The monoisotopic (exact) mass is 255 g/mol. The Bertz CT molecular complexity index is 385. The van der Waals surface area contributed by atoms with Gasteiger partial charge in [-0.25, -0.2) is 4.39 Å². The molecule has 0 bridgehead atoms. The minimum Gasteiger partial charge on any atom is -0.397 e. The molecule has 0 saturated heterocycles. The van der Waals surface area contributed by atoms with Crippen LogP contribution in [0.5, 0.6) is 0 Å². The maximum Gasteiger partial charge on any atom is 0.148 e. The van der Waals surface area contributed by atoms with E-state index >= 15 is 0 Å². The number of halogens is 1. The summed E-state index contributed by atoms with van der Waals surface area (Å²) in [6, 6.07) is 2.87.